The minimum absolute atomic E-state index is 0.0618. The number of amides is 2. The van der Waals surface area contributed by atoms with Crippen molar-refractivity contribution < 1.29 is 22.4 Å². The third kappa shape index (κ3) is 9.57. The molecule has 1 N–H and O–H groups in total. The lowest BCUT2D eigenvalue weighted by Crippen LogP contribution is -2.51. The monoisotopic (exact) mass is 601 g/mol. The van der Waals surface area contributed by atoms with E-state index in [2.05, 4.69) is 5.32 Å². The van der Waals surface area contributed by atoms with Gasteiger partial charge in [0.15, 0.2) is 0 Å². The molecule has 41 heavy (non-hydrogen) atoms. The topological polar surface area (TPSA) is 86.8 Å². The van der Waals surface area contributed by atoms with Gasteiger partial charge in [-0.05, 0) is 41.7 Å². The number of carbonyl (C=O) groups excluding carboxylic acids is 2. The summed E-state index contributed by atoms with van der Waals surface area (Å²) in [6.07, 6.45) is 1.34. The maximum absolute atomic E-state index is 14.5. The Morgan fingerprint density at radius 1 is 0.951 bits per heavy atom. The third-order valence-corrected chi connectivity index (χ3v) is 8.08. The van der Waals surface area contributed by atoms with Crippen molar-refractivity contribution in [1.82, 2.24) is 10.2 Å². The molecule has 0 aliphatic carbocycles. The van der Waals surface area contributed by atoms with Crippen LogP contribution >= 0.6 is 11.6 Å². The smallest absolute Gasteiger partial charge is 0.243 e. The molecule has 1 atom stereocenters. The normalized spacial score (nSPS) is 12.1. The van der Waals surface area contributed by atoms with Gasteiger partial charge in [0.1, 0.15) is 11.9 Å². The highest BCUT2D eigenvalue weighted by molar-refractivity contribution is 7.92. The first-order valence-electron chi connectivity index (χ1n) is 13.5. The van der Waals surface area contributed by atoms with E-state index in [4.69, 9.17) is 11.6 Å². The van der Waals surface area contributed by atoms with Crippen molar-refractivity contribution in [3.8, 4) is 0 Å². The maximum Gasteiger partial charge on any atom is 0.243 e. The summed E-state index contributed by atoms with van der Waals surface area (Å²) in [6.45, 7) is 4.41. The number of benzene rings is 3. The Kier molecular flexibility index (Phi) is 11.7. The lowest BCUT2D eigenvalue weighted by molar-refractivity contribution is -0.141. The van der Waals surface area contributed by atoms with Crippen LogP contribution in [-0.2, 0) is 32.6 Å². The van der Waals surface area contributed by atoms with E-state index in [1.807, 2.05) is 50.2 Å². The summed E-state index contributed by atoms with van der Waals surface area (Å²) >= 11 is 6.45. The summed E-state index contributed by atoms with van der Waals surface area (Å²) < 4.78 is 40.4. The molecule has 0 saturated carbocycles. The minimum atomic E-state index is -3.81. The Bertz CT molecular complexity index is 1420. The highest BCUT2D eigenvalue weighted by Gasteiger charge is 2.31. The summed E-state index contributed by atoms with van der Waals surface area (Å²) in [7, 11) is -3.81. The van der Waals surface area contributed by atoms with Crippen LogP contribution in [0, 0.1) is 11.7 Å². The van der Waals surface area contributed by atoms with Crippen LogP contribution in [0.1, 0.15) is 37.8 Å². The fraction of sp³-hybridized carbons (Fsp3) is 0.355. The summed E-state index contributed by atoms with van der Waals surface area (Å²) in [4.78, 5) is 28.9. The minimum Gasteiger partial charge on any atom is -0.354 e. The first-order valence-corrected chi connectivity index (χ1v) is 15.8. The molecule has 0 bridgehead atoms. The fourth-order valence-corrected chi connectivity index (χ4v) is 5.58. The van der Waals surface area contributed by atoms with E-state index in [-0.39, 0.29) is 55.8 Å². The number of carbonyl (C=O) groups is 2. The molecule has 7 nitrogen and oxygen atoms in total. The number of nitrogens with zero attached hydrogens (tertiary/aromatic N) is 2. The van der Waals surface area contributed by atoms with E-state index in [9.17, 15) is 22.4 Å². The molecule has 0 spiro atoms. The van der Waals surface area contributed by atoms with Gasteiger partial charge in [-0.3, -0.25) is 13.9 Å². The largest absolute Gasteiger partial charge is 0.354 e. The van der Waals surface area contributed by atoms with E-state index < -0.39 is 21.9 Å². The van der Waals surface area contributed by atoms with Gasteiger partial charge in [-0.2, -0.15) is 0 Å². The molecular weight excluding hydrogens is 565 g/mol. The number of hydrogen-bond acceptors (Lipinski definition) is 4. The maximum atomic E-state index is 14.5. The second kappa shape index (κ2) is 15.0. The van der Waals surface area contributed by atoms with Crippen molar-refractivity contribution in [3.63, 3.8) is 0 Å². The Hall–Kier alpha value is -3.43. The molecule has 10 heteroatoms. The Morgan fingerprint density at radius 3 is 2.22 bits per heavy atom. The zero-order valence-corrected chi connectivity index (χ0v) is 25.2. The van der Waals surface area contributed by atoms with Gasteiger partial charge < -0.3 is 10.2 Å². The van der Waals surface area contributed by atoms with Crippen molar-refractivity contribution in [2.24, 2.45) is 5.92 Å². The number of halogens is 2. The lowest BCUT2D eigenvalue weighted by Gasteiger charge is -2.32. The van der Waals surface area contributed by atoms with E-state index in [0.29, 0.717) is 17.1 Å². The first kappa shape index (κ1) is 32.1. The van der Waals surface area contributed by atoms with Crippen molar-refractivity contribution >= 4 is 39.1 Å². The van der Waals surface area contributed by atoms with Crippen LogP contribution in [0.5, 0.6) is 0 Å². The Balaban J connectivity index is 1.90. The van der Waals surface area contributed by atoms with Gasteiger partial charge in [-0.1, -0.05) is 86.1 Å². The first-order chi connectivity index (χ1) is 19.5. The van der Waals surface area contributed by atoms with Crippen LogP contribution in [0.15, 0.2) is 78.9 Å². The zero-order valence-electron chi connectivity index (χ0n) is 23.6. The van der Waals surface area contributed by atoms with Crippen molar-refractivity contribution in [2.75, 3.05) is 23.7 Å². The van der Waals surface area contributed by atoms with Crippen molar-refractivity contribution in [2.45, 2.75) is 45.7 Å². The number of rotatable bonds is 14. The molecule has 0 fully saturated rings. The second-order valence-electron chi connectivity index (χ2n) is 10.3. The average molecular weight is 602 g/mol. The molecule has 0 saturated heterocycles. The van der Waals surface area contributed by atoms with Crippen molar-refractivity contribution in [1.29, 1.82) is 0 Å². The van der Waals surface area contributed by atoms with Crippen LogP contribution in [0.2, 0.25) is 5.02 Å². The highest BCUT2D eigenvalue weighted by Crippen LogP contribution is 2.24. The van der Waals surface area contributed by atoms with Gasteiger partial charge in [-0.25, -0.2) is 12.8 Å². The average Bonchev–Trinajstić information content (AvgIpc) is 2.93. The molecular formula is C31H37ClFN3O4S. The molecule has 0 radical (unpaired) electrons. The predicted octanol–water partition coefficient (Wildman–Crippen LogP) is 5.44. The van der Waals surface area contributed by atoms with E-state index in [1.165, 1.54) is 23.1 Å². The van der Waals surface area contributed by atoms with E-state index >= 15 is 0 Å². The Labute approximate surface area is 247 Å². The molecule has 3 aromatic rings. The summed E-state index contributed by atoms with van der Waals surface area (Å²) in [6, 6.07) is 21.3. The van der Waals surface area contributed by atoms with Crippen LogP contribution in [0.25, 0.3) is 0 Å². The van der Waals surface area contributed by atoms with E-state index in [0.717, 1.165) is 16.1 Å². The highest BCUT2D eigenvalue weighted by atomic mass is 35.5. The molecule has 0 aliphatic rings. The Morgan fingerprint density at radius 2 is 1.59 bits per heavy atom. The number of sulfonamides is 1. The SMILES string of the molecule is CC(C)CNC(=O)C(Cc1ccccc1)N(Cc1ccccc1Cl)C(=O)CCCN(c1ccccc1F)S(C)(=O)=O. The molecule has 0 aliphatic heterocycles. The number of nitrogens with one attached hydrogen (secondary N) is 1. The zero-order chi connectivity index (χ0) is 30.0. The van der Waals surface area contributed by atoms with E-state index in [1.54, 1.807) is 24.3 Å². The van der Waals surface area contributed by atoms with Gasteiger partial charge in [-0.15, -0.1) is 0 Å². The molecule has 0 aromatic heterocycles. The van der Waals surface area contributed by atoms with Crippen molar-refractivity contribution in [3.05, 3.63) is 101 Å². The summed E-state index contributed by atoms with van der Waals surface area (Å²) in [5, 5.41) is 3.43. The van der Waals surface area contributed by atoms with Crippen LogP contribution in [-0.4, -0.2) is 50.5 Å². The number of para-hydroxylation sites is 1. The molecule has 1 unspecified atom stereocenters. The molecule has 2 amide bonds. The molecule has 3 rings (SSSR count). The number of anilines is 1. The van der Waals surface area contributed by atoms with Gasteiger partial charge in [0, 0.05) is 37.5 Å². The van der Waals surface area contributed by atoms with Gasteiger partial charge >= 0.3 is 0 Å². The van der Waals surface area contributed by atoms with Crippen LogP contribution in [0.3, 0.4) is 0 Å². The number of hydrogen-bond donors (Lipinski definition) is 1. The van der Waals surface area contributed by atoms with Crippen LogP contribution < -0.4 is 9.62 Å². The molecule has 220 valence electrons. The van der Waals surface area contributed by atoms with Gasteiger partial charge in [0.25, 0.3) is 0 Å². The summed E-state index contributed by atoms with van der Waals surface area (Å²) in [5.41, 5.74) is 1.49. The van der Waals surface area contributed by atoms with Crippen LogP contribution in [0.4, 0.5) is 10.1 Å². The quantitative estimate of drug-likeness (QED) is 0.267. The predicted molar refractivity (Wildman–Crippen MR) is 162 cm³/mol. The fourth-order valence-electron chi connectivity index (χ4n) is 4.42. The lowest BCUT2D eigenvalue weighted by atomic mass is 10.0. The van der Waals surface area contributed by atoms with Gasteiger partial charge in [0.2, 0.25) is 21.8 Å². The third-order valence-electron chi connectivity index (χ3n) is 6.53. The van der Waals surface area contributed by atoms with Gasteiger partial charge in [0.05, 0.1) is 11.9 Å². The standard InChI is InChI=1S/C31H37ClFN3O4S/c1-23(2)21-34-31(38)29(20-24-12-5-4-6-13-24)35(22-25-14-7-8-15-26(25)32)30(37)18-11-19-36(41(3,39)40)28-17-10-9-16-27(28)33/h4-10,12-17,23,29H,11,18-22H2,1-3H3,(H,34,38). The second-order valence-corrected chi connectivity index (χ2v) is 12.7. The molecule has 0 heterocycles. The summed E-state index contributed by atoms with van der Waals surface area (Å²) in [5.74, 6) is -1.08. The molecule has 3 aromatic carbocycles.